The van der Waals surface area contributed by atoms with Crippen LogP contribution in [0.3, 0.4) is 0 Å². The number of hydrogen-bond donors (Lipinski definition) is 2. The maximum Gasteiger partial charge on any atom is 0.328 e. The van der Waals surface area contributed by atoms with E-state index in [4.69, 9.17) is 9.84 Å². The summed E-state index contributed by atoms with van der Waals surface area (Å²) < 4.78 is 5.12. The number of morpholine rings is 1. The number of carboxylic acids is 1. The van der Waals surface area contributed by atoms with Gasteiger partial charge in [0.05, 0.1) is 19.1 Å². The minimum absolute atomic E-state index is 0.0572. The van der Waals surface area contributed by atoms with E-state index in [9.17, 15) is 9.59 Å². The number of hydrogen-bond acceptors (Lipinski definition) is 4. The molecule has 0 aromatic heterocycles. The van der Waals surface area contributed by atoms with Crippen molar-refractivity contribution < 1.29 is 19.4 Å². The number of carbonyl (C=O) groups excluding carboxylic acids is 1. The summed E-state index contributed by atoms with van der Waals surface area (Å²) >= 11 is 0. The summed E-state index contributed by atoms with van der Waals surface area (Å²) in [7, 11) is 0. The molecule has 6 heteroatoms. The van der Waals surface area contributed by atoms with Crippen molar-refractivity contribution in [3.05, 3.63) is 0 Å². The molecule has 3 atom stereocenters. The van der Waals surface area contributed by atoms with Crippen molar-refractivity contribution in [3.63, 3.8) is 0 Å². The molecule has 2 rings (SSSR count). The Bertz CT molecular complexity index is 321. The highest BCUT2D eigenvalue weighted by Crippen LogP contribution is 2.21. The van der Waals surface area contributed by atoms with E-state index in [2.05, 4.69) is 5.32 Å². The highest BCUT2D eigenvalue weighted by atomic mass is 16.5. The Morgan fingerprint density at radius 3 is 2.76 bits per heavy atom. The summed E-state index contributed by atoms with van der Waals surface area (Å²) in [6.07, 6.45) is 0. The molecule has 3 unspecified atom stereocenters. The van der Waals surface area contributed by atoms with Crippen LogP contribution in [0.25, 0.3) is 0 Å². The van der Waals surface area contributed by atoms with Crippen LogP contribution in [0.1, 0.15) is 6.92 Å². The molecule has 0 aromatic carbocycles. The number of rotatable bonds is 2. The number of nitrogens with one attached hydrogen (secondary N) is 1. The second-order valence-corrected chi connectivity index (χ2v) is 4.70. The van der Waals surface area contributed by atoms with E-state index in [1.54, 1.807) is 0 Å². The standard InChI is InChI=1S/C11H18N2O4/c1-7-4-12-5-8(7)10(14)13-2-3-17-6-9(13)11(15)16/h7-9,12H,2-6H2,1H3,(H,15,16). The summed E-state index contributed by atoms with van der Waals surface area (Å²) in [5.41, 5.74) is 0. The predicted molar refractivity (Wildman–Crippen MR) is 59.5 cm³/mol. The fourth-order valence-electron chi connectivity index (χ4n) is 2.43. The molecule has 2 N–H and O–H groups in total. The number of nitrogens with zero attached hydrogens (tertiary/aromatic N) is 1. The summed E-state index contributed by atoms with van der Waals surface area (Å²) in [5, 5.41) is 12.2. The van der Waals surface area contributed by atoms with Crippen LogP contribution in [0.5, 0.6) is 0 Å². The van der Waals surface area contributed by atoms with E-state index in [1.165, 1.54) is 4.90 Å². The third-order valence-corrected chi connectivity index (χ3v) is 3.53. The lowest BCUT2D eigenvalue weighted by atomic mass is 9.95. The van der Waals surface area contributed by atoms with Gasteiger partial charge in [-0.2, -0.15) is 0 Å². The van der Waals surface area contributed by atoms with Crippen LogP contribution in [-0.4, -0.2) is 60.8 Å². The molecule has 0 bridgehead atoms. The van der Waals surface area contributed by atoms with Gasteiger partial charge in [-0.15, -0.1) is 0 Å². The van der Waals surface area contributed by atoms with Crippen molar-refractivity contribution in [3.8, 4) is 0 Å². The van der Waals surface area contributed by atoms with Gasteiger partial charge in [0.25, 0.3) is 0 Å². The molecule has 2 aliphatic rings. The lowest BCUT2D eigenvalue weighted by Crippen LogP contribution is -2.55. The van der Waals surface area contributed by atoms with Crippen LogP contribution >= 0.6 is 0 Å². The van der Waals surface area contributed by atoms with E-state index >= 15 is 0 Å². The molecule has 17 heavy (non-hydrogen) atoms. The van der Waals surface area contributed by atoms with Gasteiger partial charge >= 0.3 is 5.97 Å². The minimum Gasteiger partial charge on any atom is -0.480 e. The van der Waals surface area contributed by atoms with Crippen LogP contribution in [0, 0.1) is 11.8 Å². The minimum atomic E-state index is -0.989. The van der Waals surface area contributed by atoms with Crippen LogP contribution in [0.15, 0.2) is 0 Å². The molecule has 1 amide bonds. The topological polar surface area (TPSA) is 78.9 Å². The van der Waals surface area contributed by atoms with Crippen molar-refractivity contribution in [1.82, 2.24) is 10.2 Å². The average Bonchev–Trinajstić information content (AvgIpc) is 2.74. The van der Waals surface area contributed by atoms with Crippen molar-refractivity contribution >= 4 is 11.9 Å². The molecule has 0 aliphatic carbocycles. The number of amides is 1. The van der Waals surface area contributed by atoms with E-state index in [0.717, 1.165) is 6.54 Å². The zero-order valence-corrected chi connectivity index (χ0v) is 9.89. The van der Waals surface area contributed by atoms with Crippen molar-refractivity contribution in [2.24, 2.45) is 11.8 Å². The van der Waals surface area contributed by atoms with Gasteiger partial charge in [0.15, 0.2) is 6.04 Å². The highest BCUT2D eigenvalue weighted by Gasteiger charge is 2.39. The first-order valence-electron chi connectivity index (χ1n) is 5.93. The predicted octanol–water partition coefficient (Wildman–Crippen LogP) is -0.846. The van der Waals surface area contributed by atoms with E-state index in [1.807, 2.05) is 6.92 Å². The first kappa shape index (κ1) is 12.3. The normalized spacial score (nSPS) is 33.7. The Morgan fingerprint density at radius 2 is 2.18 bits per heavy atom. The maximum atomic E-state index is 12.3. The SMILES string of the molecule is CC1CNCC1C(=O)N1CCOCC1C(=O)O. The summed E-state index contributed by atoms with van der Waals surface area (Å²) in [6, 6.07) is -0.830. The molecule has 6 nitrogen and oxygen atoms in total. The maximum absolute atomic E-state index is 12.3. The first-order chi connectivity index (χ1) is 8.11. The lowest BCUT2D eigenvalue weighted by molar-refractivity contribution is -0.160. The van der Waals surface area contributed by atoms with Gasteiger partial charge in [0, 0.05) is 13.1 Å². The van der Waals surface area contributed by atoms with Gasteiger partial charge in [-0.25, -0.2) is 4.79 Å². The number of carbonyl (C=O) groups is 2. The van der Waals surface area contributed by atoms with Crippen LogP contribution in [0.4, 0.5) is 0 Å². The zero-order valence-electron chi connectivity index (χ0n) is 9.89. The lowest BCUT2D eigenvalue weighted by Gasteiger charge is -2.35. The van der Waals surface area contributed by atoms with Crippen molar-refractivity contribution in [2.75, 3.05) is 32.8 Å². The van der Waals surface area contributed by atoms with E-state index < -0.39 is 12.0 Å². The number of aliphatic carboxylic acids is 1. The van der Waals surface area contributed by atoms with Crippen molar-refractivity contribution in [2.45, 2.75) is 13.0 Å². The Morgan fingerprint density at radius 1 is 1.41 bits per heavy atom. The third-order valence-electron chi connectivity index (χ3n) is 3.53. The molecular weight excluding hydrogens is 224 g/mol. The second kappa shape index (κ2) is 5.01. The third kappa shape index (κ3) is 2.42. The molecule has 2 fully saturated rings. The summed E-state index contributed by atoms with van der Waals surface area (Å²) in [5.74, 6) is -0.885. The molecular formula is C11H18N2O4. The van der Waals surface area contributed by atoms with Gasteiger partial charge in [-0.05, 0) is 12.5 Å². The Balaban J connectivity index is 2.08. The van der Waals surface area contributed by atoms with Gasteiger partial charge < -0.3 is 20.1 Å². The largest absolute Gasteiger partial charge is 0.480 e. The Labute approximate surface area is 99.9 Å². The Kier molecular flexibility index (Phi) is 3.63. The van der Waals surface area contributed by atoms with Crippen LogP contribution < -0.4 is 5.32 Å². The van der Waals surface area contributed by atoms with Crippen LogP contribution in [0.2, 0.25) is 0 Å². The van der Waals surface area contributed by atoms with Gasteiger partial charge in [0.1, 0.15) is 0 Å². The fourth-order valence-corrected chi connectivity index (χ4v) is 2.43. The van der Waals surface area contributed by atoms with Gasteiger partial charge in [-0.3, -0.25) is 4.79 Å². The summed E-state index contributed by atoms with van der Waals surface area (Å²) in [6.45, 7) is 4.36. The second-order valence-electron chi connectivity index (χ2n) is 4.70. The quantitative estimate of drug-likeness (QED) is 0.659. The highest BCUT2D eigenvalue weighted by molar-refractivity contribution is 5.86. The molecule has 0 aromatic rings. The molecule has 2 heterocycles. The van der Waals surface area contributed by atoms with Gasteiger partial charge in [0.2, 0.25) is 5.91 Å². The Hall–Kier alpha value is -1.14. The van der Waals surface area contributed by atoms with Crippen molar-refractivity contribution in [1.29, 1.82) is 0 Å². The molecule has 0 spiro atoms. The van der Waals surface area contributed by atoms with Crippen LogP contribution in [-0.2, 0) is 14.3 Å². The molecule has 0 radical (unpaired) electrons. The monoisotopic (exact) mass is 242 g/mol. The number of carboxylic acid groups (broad SMARTS) is 1. The molecule has 2 aliphatic heterocycles. The summed E-state index contributed by atoms with van der Waals surface area (Å²) in [4.78, 5) is 24.8. The van der Waals surface area contributed by atoms with Gasteiger partial charge in [-0.1, -0.05) is 6.92 Å². The smallest absolute Gasteiger partial charge is 0.328 e. The molecule has 2 saturated heterocycles. The molecule has 96 valence electrons. The number of ether oxygens (including phenoxy) is 1. The fraction of sp³-hybridized carbons (Fsp3) is 0.818. The van der Waals surface area contributed by atoms with E-state index in [0.29, 0.717) is 19.7 Å². The zero-order chi connectivity index (χ0) is 12.4. The molecule has 0 saturated carbocycles. The first-order valence-corrected chi connectivity index (χ1v) is 5.93. The van der Waals surface area contributed by atoms with E-state index in [-0.39, 0.29) is 24.3 Å². The average molecular weight is 242 g/mol.